The summed E-state index contributed by atoms with van der Waals surface area (Å²) in [6.45, 7) is 4.67. The van der Waals surface area contributed by atoms with Gasteiger partial charge in [0.05, 0.1) is 0 Å². The lowest BCUT2D eigenvalue weighted by Crippen LogP contribution is -2.51. The van der Waals surface area contributed by atoms with Gasteiger partial charge in [-0.25, -0.2) is 4.79 Å². The zero-order valence-electron chi connectivity index (χ0n) is 12.9. The third-order valence-corrected chi connectivity index (χ3v) is 4.09. The molecule has 1 aromatic carbocycles. The lowest BCUT2D eigenvalue weighted by molar-refractivity contribution is 0.122. The summed E-state index contributed by atoms with van der Waals surface area (Å²) in [5.41, 5.74) is 1.30. The number of benzene rings is 1. The molecule has 5 heteroatoms. The van der Waals surface area contributed by atoms with E-state index in [0.29, 0.717) is 0 Å². The maximum Gasteiger partial charge on any atom is 0.319 e. The van der Waals surface area contributed by atoms with E-state index in [1.54, 1.807) is 19.0 Å². The Kier molecular flexibility index (Phi) is 5.88. The van der Waals surface area contributed by atoms with Crippen LogP contribution in [-0.2, 0) is 6.42 Å². The van der Waals surface area contributed by atoms with Crippen LogP contribution in [0, 0.1) is 0 Å². The van der Waals surface area contributed by atoms with Crippen molar-refractivity contribution in [1.82, 2.24) is 14.7 Å². The molecule has 0 bridgehead atoms. The van der Waals surface area contributed by atoms with Gasteiger partial charge >= 0.3 is 6.03 Å². The Morgan fingerprint density at radius 1 is 1.24 bits per heavy atom. The van der Waals surface area contributed by atoms with Crippen LogP contribution < -0.4 is 0 Å². The van der Waals surface area contributed by atoms with Crippen molar-refractivity contribution < 1.29 is 4.79 Å². The number of nitrogens with zero attached hydrogens (tertiary/aromatic N) is 3. The highest BCUT2D eigenvalue weighted by atomic mass is 35.5. The second-order valence-electron chi connectivity index (χ2n) is 5.74. The minimum atomic E-state index is 0.119. The molecule has 0 radical (unpaired) electrons. The van der Waals surface area contributed by atoms with Crippen molar-refractivity contribution in [2.24, 2.45) is 0 Å². The van der Waals surface area contributed by atoms with Crippen molar-refractivity contribution in [2.75, 3.05) is 46.8 Å². The SMILES string of the molecule is CN(C)C(=O)N1CCN(CCCc2cccc(Cl)c2)CC1. The molecule has 0 saturated carbocycles. The first-order chi connectivity index (χ1) is 10.1. The second kappa shape index (κ2) is 7.66. The molecule has 0 N–H and O–H groups in total. The molecule has 1 saturated heterocycles. The van der Waals surface area contributed by atoms with Crippen LogP contribution in [-0.4, -0.2) is 67.5 Å². The topological polar surface area (TPSA) is 26.8 Å². The highest BCUT2D eigenvalue weighted by molar-refractivity contribution is 6.30. The molecule has 21 heavy (non-hydrogen) atoms. The molecule has 116 valence electrons. The molecule has 0 unspecified atom stereocenters. The van der Waals surface area contributed by atoms with E-state index in [9.17, 15) is 4.79 Å². The maximum atomic E-state index is 11.9. The van der Waals surface area contributed by atoms with Crippen LogP contribution in [0.25, 0.3) is 0 Å². The van der Waals surface area contributed by atoms with E-state index in [0.717, 1.165) is 50.6 Å². The Morgan fingerprint density at radius 3 is 2.57 bits per heavy atom. The molecule has 1 aliphatic rings. The van der Waals surface area contributed by atoms with E-state index in [2.05, 4.69) is 11.0 Å². The Balaban J connectivity index is 1.68. The third kappa shape index (κ3) is 4.90. The summed E-state index contributed by atoms with van der Waals surface area (Å²) >= 11 is 5.99. The first kappa shape index (κ1) is 16.1. The Labute approximate surface area is 132 Å². The molecule has 0 atom stereocenters. The fourth-order valence-corrected chi connectivity index (χ4v) is 2.86. The smallest absolute Gasteiger partial charge is 0.319 e. The zero-order chi connectivity index (χ0) is 15.2. The average molecular weight is 310 g/mol. The highest BCUT2D eigenvalue weighted by Gasteiger charge is 2.21. The average Bonchev–Trinajstić information content (AvgIpc) is 2.47. The predicted molar refractivity (Wildman–Crippen MR) is 86.9 cm³/mol. The van der Waals surface area contributed by atoms with Crippen molar-refractivity contribution in [1.29, 1.82) is 0 Å². The van der Waals surface area contributed by atoms with Gasteiger partial charge in [0.2, 0.25) is 0 Å². The van der Waals surface area contributed by atoms with Crippen molar-refractivity contribution >= 4 is 17.6 Å². The number of urea groups is 1. The van der Waals surface area contributed by atoms with Crippen LogP contribution in [0.2, 0.25) is 5.02 Å². The van der Waals surface area contributed by atoms with Gasteiger partial charge in [-0.15, -0.1) is 0 Å². The standard InChI is InChI=1S/C16H24ClN3O/c1-18(2)16(21)20-11-9-19(10-12-20)8-4-6-14-5-3-7-15(17)13-14/h3,5,7,13H,4,6,8-12H2,1-2H3. The molecule has 0 spiro atoms. The Morgan fingerprint density at radius 2 is 1.95 bits per heavy atom. The molecule has 1 fully saturated rings. The third-order valence-electron chi connectivity index (χ3n) is 3.85. The fraction of sp³-hybridized carbons (Fsp3) is 0.562. The minimum absolute atomic E-state index is 0.119. The first-order valence-corrected chi connectivity index (χ1v) is 7.87. The molecular formula is C16H24ClN3O. The maximum absolute atomic E-state index is 11.9. The molecule has 1 heterocycles. The quantitative estimate of drug-likeness (QED) is 0.854. The van der Waals surface area contributed by atoms with Gasteiger partial charge in [0, 0.05) is 45.3 Å². The van der Waals surface area contributed by atoms with Crippen LogP contribution in [0.1, 0.15) is 12.0 Å². The first-order valence-electron chi connectivity index (χ1n) is 7.49. The van der Waals surface area contributed by atoms with Gasteiger partial charge < -0.3 is 9.80 Å². The number of hydrogen-bond acceptors (Lipinski definition) is 2. The number of carbonyl (C=O) groups is 1. The zero-order valence-corrected chi connectivity index (χ0v) is 13.6. The lowest BCUT2D eigenvalue weighted by atomic mass is 10.1. The van der Waals surface area contributed by atoms with Crippen molar-refractivity contribution in [3.05, 3.63) is 34.9 Å². The number of amides is 2. The van der Waals surface area contributed by atoms with E-state index in [1.807, 2.05) is 23.1 Å². The molecule has 1 aromatic rings. The summed E-state index contributed by atoms with van der Waals surface area (Å²) in [6.07, 6.45) is 2.18. The lowest BCUT2D eigenvalue weighted by Gasteiger charge is -2.35. The molecular weight excluding hydrogens is 286 g/mol. The van der Waals surface area contributed by atoms with Gasteiger partial charge in [-0.3, -0.25) is 4.90 Å². The summed E-state index contributed by atoms with van der Waals surface area (Å²) in [5.74, 6) is 0. The fourth-order valence-electron chi connectivity index (χ4n) is 2.64. The Bertz CT molecular complexity index is 470. The molecule has 0 aliphatic carbocycles. The van der Waals surface area contributed by atoms with E-state index in [1.165, 1.54) is 5.56 Å². The van der Waals surface area contributed by atoms with Gasteiger partial charge in [0.15, 0.2) is 0 Å². The molecule has 2 amide bonds. The Hall–Kier alpha value is -1.26. The van der Waals surface area contributed by atoms with E-state index in [-0.39, 0.29) is 6.03 Å². The van der Waals surface area contributed by atoms with E-state index in [4.69, 9.17) is 11.6 Å². The largest absolute Gasteiger partial charge is 0.331 e. The van der Waals surface area contributed by atoms with Gasteiger partial charge in [0.1, 0.15) is 0 Å². The van der Waals surface area contributed by atoms with Gasteiger partial charge in [0.25, 0.3) is 0 Å². The normalized spacial score (nSPS) is 16.0. The van der Waals surface area contributed by atoms with Gasteiger partial charge in [-0.05, 0) is 37.1 Å². The van der Waals surface area contributed by atoms with E-state index >= 15 is 0 Å². The number of piperazine rings is 1. The van der Waals surface area contributed by atoms with Crippen LogP contribution >= 0.6 is 11.6 Å². The van der Waals surface area contributed by atoms with Crippen LogP contribution in [0.4, 0.5) is 4.79 Å². The van der Waals surface area contributed by atoms with Gasteiger partial charge in [-0.2, -0.15) is 0 Å². The number of rotatable bonds is 4. The van der Waals surface area contributed by atoms with Gasteiger partial charge in [-0.1, -0.05) is 23.7 Å². The summed E-state index contributed by atoms with van der Waals surface area (Å²) in [7, 11) is 3.61. The number of aryl methyl sites for hydroxylation is 1. The summed E-state index contributed by atoms with van der Waals surface area (Å²) in [6, 6.07) is 8.19. The number of hydrogen-bond donors (Lipinski definition) is 0. The summed E-state index contributed by atoms with van der Waals surface area (Å²) in [5, 5.41) is 0.809. The summed E-state index contributed by atoms with van der Waals surface area (Å²) < 4.78 is 0. The van der Waals surface area contributed by atoms with Crippen LogP contribution in [0.15, 0.2) is 24.3 Å². The van der Waals surface area contributed by atoms with Crippen LogP contribution in [0.3, 0.4) is 0 Å². The highest BCUT2D eigenvalue weighted by Crippen LogP contribution is 2.13. The second-order valence-corrected chi connectivity index (χ2v) is 6.18. The van der Waals surface area contributed by atoms with Crippen molar-refractivity contribution in [3.8, 4) is 0 Å². The molecule has 4 nitrogen and oxygen atoms in total. The van der Waals surface area contributed by atoms with Crippen LogP contribution in [0.5, 0.6) is 0 Å². The predicted octanol–water partition coefficient (Wildman–Crippen LogP) is 2.57. The molecule has 0 aromatic heterocycles. The molecule has 1 aliphatic heterocycles. The number of carbonyl (C=O) groups excluding carboxylic acids is 1. The minimum Gasteiger partial charge on any atom is -0.331 e. The summed E-state index contributed by atoms with van der Waals surface area (Å²) in [4.78, 5) is 17.9. The monoisotopic (exact) mass is 309 g/mol. The van der Waals surface area contributed by atoms with Crippen molar-refractivity contribution in [2.45, 2.75) is 12.8 Å². The van der Waals surface area contributed by atoms with E-state index < -0.39 is 0 Å². The molecule has 2 rings (SSSR count). The number of halogens is 1. The van der Waals surface area contributed by atoms with Crippen molar-refractivity contribution in [3.63, 3.8) is 0 Å².